The first kappa shape index (κ1) is 28.1. The molecule has 2 rings (SSSR count). The van der Waals surface area contributed by atoms with Crippen LogP contribution in [0.25, 0.3) is 0 Å². The van der Waals surface area contributed by atoms with Crippen molar-refractivity contribution in [1.29, 1.82) is 0 Å². The predicted molar refractivity (Wildman–Crippen MR) is 137 cm³/mol. The Hall–Kier alpha value is -3.10. The number of hydrogen-bond donors (Lipinski definition) is 0. The van der Waals surface area contributed by atoms with Gasteiger partial charge >= 0.3 is 11.7 Å². The molecular formula is C26H40N4O5. The van der Waals surface area contributed by atoms with Gasteiger partial charge < -0.3 is 14.4 Å². The van der Waals surface area contributed by atoms with E-state index in [0.29, 0.717) is 37.5 Å². The maximum Gasteiger partial charge on any atom is 0.346 e. The molecule has 0 spiro atoms. The van der Waals surface area contributed by atoms with Crippen LogP contribution in [0.4, 0.5) is 5.82 Å². The molecular weight excluding hydrogens is 448 g/mol. The Morgan fingerprint density at radius 3 is 2.37 bits per heavy atom. The first-order chi connectivity index (χ1) is 16.8. The van der Waals surface area contributed by atoms with Gasteiger partial charge in [0.1, 0.15) is 18.5 Å². The minimum absolute atomic E-state index is 0.211. The summed E-state index contributed by atoms with van der Waals surface area (Å²) in [5.41, 5.74) is 0.291. The van der Waals surface area contributed by atoms with E-state index in [-0.39, 0.29) is 24.2 Å². The van der Waals surface area contributed by atoms with Crippen LogP contribution in [0.3, 0.4) is 0 Å². The van der Waals surface area contributed by atoms with Crippen molar-refractivity contribution in [3.8, 4) is 5.75 Å². The summed E-state index contributed by atoms with van der Waals surface area (Å²) in [7, 11) is 3.05. The van der Waals surface area contributed by atoms with E-state index in [0.717, 1.165) is 23.0 Å². The summed E-state index contributed by atoms with van der Waals surface area (Å²) in [4.78, 5) is 38.2. The molecule has 194 valence electrons. The topological polar surface area (TPSA) is 95.7 Å². The molecule has 9 heteroatoms. The average molecular weight is 489 g/mol. The highest BCUT2D eigenvalue weighted by Crippen LogP contribution is 2.16. The van der Waals surface area contributed by atoms with E-state index < -0.39 is 5.69 Å². The van der Waals surface area contributed by atoms with Crippen molar-refractivity contribution < 1.29 is 14.3 Å². The maximum absolute atomic E-state index is 12.8. The highest BCUT2D eigenvalue weighted by Gasteiger charge is 2.16. The largest absolute Gasteiger partial charge is 0.487 e. The average Bonchev–Trinajstić information content (AvgIpc) is 2.86. The Kier molecular flexibility index (Phi) is 11.5. The van der Waals surface area contributed by atoms with Gasteiger partial charge in [0.05, 0.1) is 0 Å². The number of hydrogen-bond acceptors (Lipinski definition) is 7. The summed E-state index contributed by atoms with van der Waals surface area (Å²) >= 11 is 0. The molecule has 35 heavy (non-hydrogen) atoms. The number of esters is 1. The minimum atomic E-state index is -0.434. The standard InChI is InChI=1S/C26H40N4O5/c1-6-8-9-10-11-17-30(24-25(32)28(4)26(33)29(5)27-24)18-16-21-12-14-22(15-13-21)35-20(3)19-34-23(31)7-2/h12-15,20H,6-11,16-19H2,1-5H3. The van der Waals surface area contributed by atoms with E-state index in [1.165, 1.54) is 31.0 Å². The fraction of sp³-hybridized carbons (Fsp3) is 0.615. The van der Waals surface area contributed by atoms with Crippen LogP contribution in [0, 0.1) is 0 Å². The third-order valence-corrected chi connectivity index (χ3v) is 5.83. The summed E-state index contributed by atoms with van der Waals surface area (Å²) in [5.74, 6) is 0.768. The molecule has 0 radical (unpaired) electrons. The molecule has 1 aromatic carbocycles. The molecule has 0 N–H and O–H groups in total. The quantitative estimate of drug-likeness (QED) is 0.281. The van der Waals surface area contributed by atoms with Crippen LogP contribution >= 0.6 is 0 Å². The lowest BCUT2D eigenvalue weighted by Gasteiger charge is -2.24. The van der Waals surface area contributed by atoms with Gasteiger partial charge in [0.2, 0.25) is 5.82 Å². The van der Waals surface area contributed by atoms with Crippen molar-refractivity contribution in [2.75, 3.05) is 24.6 Å². The Bertz CT molecular complexity index is 1050. The molecule has 9 nitrogen and oxygen atoms in total. The van der Waals surface area contributed by atoms with Gasteiger partial charge in [0, 0.05) is 33.6 Å². The van der Waals surface area contributed by atoms with Crippen molar-refractivity contribution in [3.63, 3.8) is 0 Å². The summed E-state index contributed by atoms with van der Waals surface area (Å²) in [6.07, 6.45) is 6.41. The lowest BCUT2D eigenvalue weighted by atomic mass is 10.1. The monoisotopic (exact) mass is 488 g/mol. The number of benzene rings is 1. The van der Waals surface area contributed by atoms with Gasteiger partial charge in [-0.05, 0) is 37.5 Å². The van der Waals surface area contributed by atoms with Gasteiger partial charge in [-0.1, -0.05) is 51.7 Å². The zero-order valence-electron chi connectivity index (χ0n) is 21.8. The van der Waals surface area contributed by atoms with Crippen molar-refractivity contribution in [2.24, 2.45) is 14.1 Å². The number of aromatic nitrogens is 3. The molecule has 0 fully saturated rings. The molecule has 1 unspecified atom stereocenters. The second-order valence-electron chi connectivity index (χ2n) is 8.85. The van der Waals surface area contributed by atoms with E-state index in [9.17, 15) is 14.4 Å². The first-order valence-electron chi connectivity index (χ1n) is 12.6. The van der Waals surface area contributed by atoms with Gasteiger partial charge in [-0.25, -0.2) is 9.48 Å². The van der Waals surface area contributed by atoms with Crippen molar-refractivity contribution >= 4 is 11.8 Å². The number of ether oxygens (including phenoxy) is 2. The van der Waals surface area contributed by atoms with E-state index in [1.54, 1.807) is 14.0 Å². The molecule has 0 saturated heterocycles. The van der Waals surface area contributed by atoms with E-state index in [1.807, 2.05) is 36.1 Å². The summed E-state index contributed by atoms with van der Waals surface area (Å²) in [5, 5.41) is 4.28. The number of anilines is 1. The number of carbonyl (C=O) groups excluding carboxylic acids is 1. The van der Waals surface area contributed by atoms with Crippen LogP contribution in [0.5, 0.6) is 5.75 Å². The molecule has 0 aliphatic rings. The second kappa shape index (κ2) is 14.3. The summed E-state index contributed by atoms with van der Waals surface area (Å²) < 4.78 is 13.3. The molecule has 0 saturated carbocycles. The number of aryl methyl sites for hydroxylation is 1. The van der Waals surface area contributed by atoms with E-state index in [4.69, 9.17) is 9.47 Å². The summed E-state index contributed by atoms with van der Waals surface area (Å²) in [6.45, 7) is 7.33. The molecule has 2 aromatic rings. The zero-order chi connectivity index (χ0) is 25.8. The van der Waals surface area contributed by atoms with E-state index >= 15 is 0 Å². The summed E-state index contributed by atoms with van der Waals surface area (Å²) in [6, 6.07) is 7.77. The van der Waals surface area contributed by atoms with Crippen molar-refractivity contribution in [3.05, 3.63) is 50.7 Å². The Morgan fingerprint density at radius 2 is 1.71 bits per heavy atom. The predicted octanol–water partition coefficient (Wildman–Crippen LogP) is 3.22. The van der Waals surface area contributed by atoms with Crippen molar-refractivity contribution in [1.82, 2.24) is 14.3 Å². The molecule has 0 amide bonds. The van der Waals surface area contributed by atoms with Crippen molar-refractivity contribution in [2.45, 2.75) is 71.8 Å². The van der Waals surface area contributed by atoms with Gasteiger partial charge in [-0.3, -0.25) is 14.2 Å². The highest BCUT2D eigenvalue weighted by molar-refractivity contribution is 5.68. The molecule has 0 bridgehead atoms. The zero-order valence-corrected chi connectivity index (χ0v) is 21.8. The van der Waals surface area contributed by atoms with Crippen LogP contribution < -0.4 is 20.9 Å². The highest BCUT2D eigenvalue weighted by atomic mass is 16.6. The fourth-order valence-corrected chi connectivity index (χ4v) is 3.69. The number of rotatable bonds is 15. The van der Waals surface area contributed by atoms with Gasteiger partial charge in [0.25, 0.3) is 5.56 Å². The number of carbonyl (C=O) groups is 1. The van der Waals surface area contributed by atoms with Crippen LogP contribution in [-0.4, -0.2) is 46.1 Å². The normalized spacial score (nSPS) is 11.8. The fourth-order valence-electron chi connectivity index (χ4n) is 3.69. The smallest absolute Gasteiger partial charge is 0.346 e. The maximum atomic E-state index is 12.8. The Labute approximate surface area is 207 Å². The SMILES string of the molecule is CCCCCCCN(CCc1ccc(OC(C)COC(=O)CC)cc1)c1nn(C)c(=O)n(C)c1=O. The second-order valence-corrected chi connectivity index (χ2v) is 8.85. The van der Waals surface area contributed by atoms with Crippen LogP contribution in [-0.2, 0) is 30.0 Å². The minimum Gasteiger partial charge on any atom is -0.487 e. The molecule has 1 atom stereocenters. The van der Waals surface area contributed by atoms with E-state index in [2.05, 4.69) is 12.0 Å². The lowest BCUT2D eigenvalue weighted by molar-refractivity contribution is -0.145. The Balaban J connectivity index is 2.04. The first-order valence-corrected chi connectivity index (χ1v) is 12.6. The third kappa shape index (κ3) is 8.88. The Morgan fingerprint density at radius 1 is 1.03 bits per heavy atom. The van der Waals surface area contributed by atoms with Gasteiger partial charge in [0.15, 0.2) is 0 Å². The van der Waals surface area contributed by atoms with Crippen LogP contribution in [0.1, 0.15) is 64.9 Å². The molecule has 1 heterocycles. The molecule has 1 aromatic heterocycles. The lowest BCUT2D eigenvalue weighted by Crippen LogP contribution is -2.43. The number of unbranched alkanes of at least 4 members (excludes halogenated alkanes) is 4. The number of nitrogens with zero attached hydrogens (tertiary/aromatic N) is 4. The van der Waals surface area contributed by atoms with Crippen LogP contribution in [0.15, 0.2) is 33.9 Å². The van der Waals surface area contributed by atoms with Crippen LogP contribution in [0.2, 0.25) is 0 Å². The molecule has 0 aliphatic carbocycles. The third-order valence-electron chi connectivity index (χ3n) is 5.83. The van der Waals surface area contributed by atoms with Gasteiger partial charge in [-0.2, -0.15) is 0 Å². The molecule has 0 aliphatic heterocycles. The van der Waals surface area contributed by atoms with Gasteiger partial charge in [-0.15, -0.1) is 5.10 Å².